The summed E-state index contributed by atoms with van der Waals surface area (Å²) in [6, 6.07) is 4.56. The molecule has 2 rings (SSSR count). The molecule has 2 aromatic rings. The number of ether oxygens (including phenoxy) is 1. The van der Waals surface area contributed by atoms with E-state index in [0.717, 1.165) is 4.40 Å². The second-order valence-corrected chi connectivity index (χ2v) is 5.19. The number of anilines is 1. The number of fused-ring (bicyclic) bond motifs is 1. The SMILES string of the molecule is CCOC(=O)CCC(C)Nc1nc2ccccn2c(=O)c1[N+](=O)[O-]. The van der Waals surface area contributed by atoms with Gasteiger partial charge in [-0.3, -0.25) is 24.1 Å². The van der Waals surface area contributed by atoms with Crippen LogP contribution in [0.25, 0.3) is 5.65 Å². The number of nitro groups is 1. The monoisotopic (exact) mass is 334 g/mol. The Morgan fingerprint density at radius 1 is 1.50 bits per heavy atom. The standard InChI is InChI=1S/C15H18N4O5/c1-3-24-12(20)8-7-10(2)16-14-13(19(22)23)15(21)18-9-5-4-6-11(18)17-14/h4-6,9-10,16H,3,7-8H2,1-2H3. The fraction of sp³-hybridized carbons (Fsp3) is 0.400. The Hall–Kier alpha value is -2.97. The second-order valence-electron chi connectivity index (χ2n) is 5.19. The molecule has 0 aromatic carbocycles. The second kappa shape index (κ2) is 7.53. The van der Waals surface area contributed by atoms with Crippen molar-refractivity contribution in [1.82, 2.24) is 9.38 Å². The van der Waals surface area contributed by atoms with Gasteiger partial charge in [0.25, 0.3) is 0 Å². The van der Waals surface area contributed by atoms with Crippen molar-refractivity contribution < 1.29 is 14.5 Å². The number of carbonyl (C=O) groups is 1. The van der Waals surface area contributed by atoms with Gasteiger partial charge >= 0.3 is 17.2 Å². The fourth-order valence-corrected chi connectivity index (χ4v) is 2.22. The van der Waals surface area contributed by atoms with E-state index in [1.807, 2.05) is 0 Å². The molecule has 2 heterocycles. The van der Waals surface area contributed by atoms with Gasteiger partial charge in [0, 0.05) is 18.7 Å². The first-order chi connectivity index (χ1) is 11.4. The smallest absolute Gasteiger partial charge is 0.376 e. The molecule has 0 aliphatic carbocycles. The number of aromatic nitrogens is 2. The van der Waals surface area contributed by atoms with Crippen molar-refractivity contribution >= 4 is 23.1 Å². The third kappa shape index (κ3) is 3.86. The van der Waals surface area contributed by atoms with E-state index in [2.05, 4.69) is 10.3 Å². The molecule has 0 aliphatic heterocycles. The molecule has 0 amide bonds. The van der Waals surface area contributed by atoms with E-state index in [0.29, 0.717) is 18.7 Å². The lowest BCUT2D eigenvalue weighted by Gasteiger charge is -2.14. The summed E-state index contributed by atoms with van der Waals surface area (Å²) in [4.78, 5) is 38.3. The van der Waals surface area contributed by atoms with E-state index in [1.54, 1.807) is 32.0 Å². The molecule has 128 valence electrons. The van der Waals surface area contributed by atoms with E-state index in [9.17, 15) is 19.7 Å². The molecule has 0 aliphatic rings. The Balaban J connectivity index is 2.27. The van der Waals surface area contributed by atoms with E-state index in [1.165, 1.54) is 6.20 Å². The van der Waals surface area contributed by atoms with Crippen molar-refractivity contribution in [2.24, 2.45) is 0 Å². The van der Waals surface area contributed by atoms with Crippen LogP contribution in [-0.2, 0) is 9.53 Å². The first kappa shape index (κ1) is 17.4. The molecule has 0 bridgehead atoms. The zero-order valence-electron chi connectivity index (χ0n) is 13.4. The number of hydrogen-bond acceptors (Lipinski definition) is 7. The van der Waals surface area contributed by atoms with Crippen LogP contribution in [0.3, 0.4) is 0 Å². The summed E-state index contributed by atoms with van der Waals surface area (Å²) in [5.74, 6) is -0.445. The van der Waals surface area contributed by atoms with E-state index in [4.69, 9.17) is 4.74 Å². The van der Waals surface area contributed by atoms with Gasteiger partial charge in [0.15, 0.2) is 0 Å². The van der Waals surface area contributed by atoms with Crippen molar-refractivity contribution in [1.29, 1.82) is 0 Å². The summed E-state index contributed by atoms with van der Waals surface area (Å²) < 4.78 is 5.95. The summed E-state index contributed by atoms with van der Waals surface area (Å²) in [5.41, 5.74) is -1.08. The van der Waals surface area contributed by atoms with Gasteiger partial charge in [-0.15, -0.1) is 0 Å². The minimum Gasteiger partial charge on any atom is -0.466 e. The third-order valence-corrected chi connectivity index (χ3v) is 3.36. The Kier molecular flexibility index (Phi) is 5.46. The Morgan fingerprint density at radius 3 is 2.92 bits per heavy atom. The number of rotatable bonds is 7. The van der Waals surface area contributed by atoms with Gasteiger partial charge in [0.1, 0.15) is 5.65 Å². The summed E-state index contributed by atoms with van der Waals surface area (Å²) in [7, 11) is 0. The largest absolute Gasteiger partial charge is 0.466 e. The molecule has 9 nitrogen and oxygen atoms in total. The molecule has 1 unspecified atom stereocenters. The van der Waals surface area contributed by atoms with E-state index >= 15 is 0 Å². The van der Waals surface area contributed by atoms with E-state index in [-0.39, 0.29) is 24.2 Å². The van der Waals surface area contributed by atoms with Crippen LogP contribution in [0, 0.1) is 10.1 Å². The Morgan fingerprint density at radius 2 is 2.25 bits per heavy atom. The summed E-state index contributed by atoms with van der Waals surface area (Å²) >= 11 is 0. The highest BCUT2D eigenvalue weighted by Crippen LogP contribution is 2.19. The first-order valence-corrected chi connectivity index (χ1v) is 7.52. The van der Waals surface area contributed by atoms with Crippen LogP contribution in [-0.4, -0.2) is 32.9 Å². The molecule has 0 saturated heterocycles. The molecule has 9 heteroatoms. The maximum Gasteiger partial charge on any atom is 0.376 e. The topological polar surface area (TPSA) is 116 Å². The molecule has 0 spiro atoms. The highest BCUT2D eigenvalue weighted by Gasteiger charge is 2.24. The van der Waals surface area contributed by atoms with Crippen molar-refractivity contribution in [2.45, 2.75) is 32.7 Å². The predicted molar refractivity (Wildman–Crippen MR) is 87.1 cm³/mol. The van der Waals surface area contributed by atoms with Crippen LogP contribution in [0.1, 0.15) is 26.7 Å². The van der Waals surface area contributed by atoms with Gasteiger partial charge in [0.2, 0.25) is 5.82 Å². The molecular formula is C15H18N4O5. The quantitative estimate of drug-likeness (QED) is 0.466. The van der Waals surface area contributed by atoms with Crippen molar-refractivity contribution in [3.8, 4) is 0 Å². The van der Waals surface area contributed by atoms with Crippen LogP contribution in [0.2, 0.25) is 0 Å². The first-order valence-electron chi connectivity index (χ1n) is 7.52. The van der Waals surface area contributed by atoms with Crippen LogP contribution >= 0.6 is 0 Å². The van der Waals surface area contributed by atoms with Crippen LogP contribution in [0.15, 0.2) is 29.2 Å². The van der Waals surface area contributed by atoms with Gasteiger partial charge in [-0.2, -0.15) is 0 Å². The number of esters is 1. The minimum atomic E-state index is -0.759. The highest BCUT2D eigenvalue weighted by atomic mass is 16.6. The van der Waals surface area contributed by atoms with Crippen molar-refractivity contribution in [2.75, 3.05) is 11.9 Å². The average molecular weight is 334 g/mol. The maximum atomic E-state index is 12.3. The lowest BCUT2D eigenvalue weighted by Crippen LogP contribution is -2.24. The van der Waals surface area contributed by atoms with Gasteiger partial charge in [-0.1, -0.05) is 6.07 Å². The number of nitrogens with zero attached hydrogens (tertiary/aromatic N) is 3. The molecule has 0 radical (unpaired) electrons. The molecule has 1 atom stereocenters. The minimum absolute atomic E-state index is 0.104. The van der Waals surface area contributed by atoms with Crippen LogP contribution in [0.4, 0.5) is 11.5 Å². The van der Waals surface area contributed by atoms with E-state index < -0.39 is 16.2 Å². The van der Waals surface area contributed by atoms with Gasteiger partial charge < -0.3 is 10.1 Å². The lowest BCUT2D eigenvalue weighted by atomic mass is 10.2. The zero-order valence-corrected chi connectivity index (χ0v) is 13.4. The van der Waals surface area contributed by atoms with Crippen LogP contribution in [0.5, 0.6) is 0 Å². The van der Waals surface area contributed by atoms with Gasteiger partial charge in [0.05, 0.1) is 11.5 Å². The van der Waals surface area contributed by atoms with Crippen molar-refractivity contribution in [3.63, 3.8) is 0 Å². The van der Waals surface area contributed by atoms with Gasteiger partial charge in [-0.05, 0) is 32.4 Å². The zero-order chi connectivity index (χ0) is 17.7. The number of pyridine rings is 1. The Labute approximate surface area is 137 Å². The predicted octanol–water partition coefficient (Wildman–Crippen LogP) is 1.75. The number of nitrogens with one attached hydrogen (secondary N) is 1. The van der Waals surface area contributed by atoms with Crippen molar-refractivity contribution in [3.05, 3.63) is 44.9 Å². The molecule has 0 saturated carbocycles. The molecule has 24 heavy (non-hydrogen) atoms. The maximum absolute atomic E-state index is 12.3. The molecular weight excluding hydrogens is 316 g/mol. The average Bonchev–Trinajstić information content (AvgIpc) is 2.53. The number of hydrogen-bond donors (Lipinski definition) is 1. The Bertz CT molecular complexity index is 817. The fourth-order valence-electron chi connectivity index (χ4n) is 2.22. The summed E-state index contributed by atoms with van der Waals surface area (Å²) in [6.45, 7) is 3.77. The summed E-state index contributed by atoms with van der Waals surface area (Å²) in [6.07, 6.45) is 1.99. The molecule has 2 aromatic heterocycles. The number of carbonyl (C=O) groups excluding carboxylic acids is 1. The molecule has 0 fully saturated rings. The third-order valence-electron chi connectivity index (χ3n) is 3.36. The van der Waals surface area contributed by atoms with Gasteiger partial charge in [-0.25, -0.2) is 4.98 Å². The lowest BCUT2D eigenvalue weighted by molar-refractivity contribution is -0.385. The summed E-state index contributed by atoms with van der Waals surface area (Å²) in [5, 5.41) is 14.1. The molecule has 1 N–H and O–H groups in total. The highest BCUT2D eigenvalue weighted by molar-refractivity contribution is 5.69. The normalized spacial score (nSPS) is 11.9. The van der Waals surface area contributed by atoms with Crippen LogP contribution < -0.4 is 10.9 Å².